The number of hydrogen-bond donors (Lipinski definition) is 0. The van der Waals surface area contributed by atoms with Crippen LogP contribution in [0.5, 0.6) is 0 Å². The molecule has 0 saturated carbocycles. The van der Waals surface area contributed by atoms with Gasteiger partial charge in [-0.3, -0.25) is 4.99 Å². The van der Waals surface area contributed by atoms with E-state index in [-0.39, 0.29) is 16.8 Å². The minimum absolute atomic E-state index is 0.136. The van der Waals surface area contributed by atoms with Gasteiger partial charge in [0.05, 0.1) is 16.8 Å². The number of aromatic nitrogens is 2. The highest BCUT2D eigenvalue weighted by Crippen LogP contribution is 2.44. The summed E-state index contributed by atoms with van der Waals surface area (Å²) in [7, 11) is 0. The molecule has 3 aromatic rings. The van der Waals surface area contributed by atoms with E-state index >= 15 is 0 Å². The van der Waals surface area contributed by atoms with E-state index in [1.807, 2.05) is 12.1 Å². The van der Waals surface area contributed by atoms with Crippen molar-refractivity contribution in [3.8, 4) is 0 Å². The summed E-state index contributed by atoms with van der Waals surface area (Å²) in [6, 6.07) is 12.8. The molecule has 0 radical (unpaired) electrons. The van der Waals surface area contributed by atoms with Crippen molar-refractivity contribution < 1.29 is 4.39 Å². The van der Waals surface area contributed by atoms with Crippen molar-refractivity contribution in [1.82, 2.24) is 10.2 Å². The van der Waals surface area contributed by atoms with Crippen molar-refractivity contribution in [1.29, 1.82) is 0 Å². The number of nitrogens with zero attached hydrogens (tertiary/aromatic N) is 3. The van der Waals surface area contributed by atoms with Crippen molar-refractivity contribution in [2.24, 2.45) is 4.99 Å². The first-order chi connectivity index (χ1) is 12.2. The molecule has 0 aliphatic carbocycles. The molecule has 0 unspecified atom stereocenters. The molecule has 2 heterocycles. The first-order valence-corrected chi connectivity index (χ1v) is 9.32. The second-order valence-electron chi connectivity index (χ2n) is 7.77. The minimum atomic E-state index is -0.312. The van der Waals surface area contributed by atoms with Gasteiger partial charge in [-0.1, -0.05) is 35.8 Å². The lowest BCUT2D eigenvalue weighted by Gasteiger charge is -2.44. The standard InChI is InChI=1S/C21H19BrFN3/c1-20(2)16-10-13(22)6-8-15(16)19(24-21(20,3)4)18-9-12-5-7-14(23)11-17(12)25-26-18/h5-11H,1-4H3. The van der Waals surface area contributed by atoms with E-state index in [0.29, 0.717) is 11.2 Å². The fraction of sp³-hybridized carbons (Fsp3) is 0.286. The fourth-order valence-electron chi connectivity index (χ4n) is 3.37. The number of fused-ring (bicyclic) bond motifs is 2. The Bertz CT molecular complexity index is 1070. The first-order valence-electron chi connectivity index (χ1n) is 8.53. The number of benzene rings is 2. The Morgan fingerprint density at radius 2 is 1.69 bits per heavy atom. The summed E-state index contributed by atoms with van der Waals surface area (Å²) < 4.78 is 14.5. The highest BCUT2D eigenvalue weighted by Gasteiger charge is 2.44. The maximum absolute atomic E-state index is 13.4. The average molecular weight is 412 g/mol. The van der Waals surface area contributed by atoms with Crippen molar-refractivity contribution in [3.05, 3.63) is 69.6 Å². The Morgan fingerprint density at radius 1 is 0.923 bits per heavy atom. The van der Waals surface area contributed by atoms with Crippen LogP contribution in [0.1, 0.15) is 44.5 Å². The van der Waals surface area contributed by atoms with Gasteiger partial charge in [0, 0.05) is 26.9 Å². The molecule has 26 heavy (non-hydrogen) atoms. The van der Waals surface area contributed by atoms with E-state index in [0.717, 1.165) is 21.1 Å². The summed E-state index contributed by atoms with van der Waals surface area (Å²) in [5.41, 5.74) is 3.92. The van der Waals surface area contributed by atoms with Crippen molar-refractivity contribution in [3.63, 3.8) is 0 Å². The van der Waals surface area contributed by atoms with E-state index in [2.05, 4.69) is 66.0 Å². The summed E-state index contributed by atoms with van der Waals surface area (Å²) >= 11 is 3.59. The minimum Gasteiger partial charge on any atom is -0.275 e. The Labute approximate surface area is 160 Å². The molecule has 0 bridgehead atoms. The normalized spacial score (nSPS) is 17.7. The molecular formula is C21H19BrFN3. The summed E-state index contributed by atoms with van der Waals surface area (Å²) in [5.74, 6) is -0.312. The second kappa shape index (κ2) is 5.68. The molecule has 132 valence electrons. The molecule has 2 aromatic carbocycles. The zero-order chi connectivity index (χ0) is 18.7. The van der Waals surface area contributed by atoms with Crippen LogP contribution >= 0.6 is 15.9 Å². The molecule has 5 heteroatoms. The predicted molar refractivity (Wildman–Crippen MR) is 106 cm³/mol. The largest absolute Gasteiger partial charge is 0.275 e. The molecule has 0 saturated heterocycles. The van der Waals surface area contributed by atoms with Gasteiger partial charge in [0.25, 0.3) is 0 Å². The van der Waals surface area contributed by atoms with E-state index in [1.54, 1.807) is 6.07 Å². The Balaban J connectivity index is 1.96. The maximum Gasteiger partial charge on any atom is 0.125 e. The molecular weight excluding hydrogens is 393 g/mol. The Morgan fingerprint density at radius 3 is 2.46 bits per heavy atom. The van der Waals surface area contributed by atoms with Gasteiger partial charge in [-0.2, -0.15) is 0 Å². The van der Waals surface area contributed by atoms with Gasteiger partial charge in [-0.05, 0) is 49.7 Å². The number of hydrogen-bond acceptors (Lipinski definition) is 3. The van der Waals surface area contributed by atoms with Gasteiger partial charge in [0.2, 0.25) is 0 Å². The van der Waals surface area contributed by atoms with Gasteiger partial charge < -0.3 is 0 Å². The van der Waals surface area contributed by atoms with E-state index in [4.69, 9.17) is 4.99 Å². The van der Waals surface area contributed by atoms with Crippen LogP contribution < -0.4 is 0 Å². The molecule has 1 aromatic heterocycles. The zero-order valence-corrected chi connectivity index (χ0v) is 16.7. The van der Waals surface area contributed by atoms with Crippen molar-refractivity contribution >= 4 is 32.5 Å². The summed E-state index contributed by atoms with van der Waals surface area (Å²) in [4.78, 5) is 5.06. The third-order valence-electron chi connectivity index (χ3n) is 5.62. The van der Waals surface area contributed by atoms with Crippen LogP contribution in [0.2, 0.25) is 0 Å². The van der Waals surface area contributed by atoms with Crippen LogP contribution in [0.4, 0.5) is 4.39 Å². The SMILES string of the molecule is CC1(C)N=C(c2cc3ccc(F)cc3nn2)c2ccc(Br)cc2C1(C)C. The zero-order valence-electron chi connectivity index (χ0n) is 15.1. The van der Waals surface area contributed by atoms with Crippen LogP contribution in [0.15, 0.2) is 51.9 Å². The third kappa shape index (κ3) is 2.57. The maximum atomic E-state index is 13.4. The predicted octanol–water partition coefficient (Wildman–Crippen LogP) is 5.44. The molecule has 1 aliphatic heterocycles. The van der Waals surface area contributed by atoms with Gasteiger partial charge in [0.1, 0.15) is 11.5 Å². The van der Waals surface area contributed by atoms with E-state index < -0.39 is 0 Å². The van der Waals surface area contributed by atoms with Gasteiger partial charge in [0.15, 0.2) is 0 Å². The van der Waals surface area contributed by atoms with Crippen molar-refractivity contribution in [2.45, 2.75) is 38.6 Å². The molecule has 0 atom stereocenters. The molecule has 4 rings (SSSR count). The third-order valence-corrected chi connectivity index (χ3v) is 6.12. The van der Waals surface area contributed by atoms with Gasteiger partial charge in [-0.15, -0.1) is 10.2 Å². The van der Waals surface area contributed by atoms with Crippen LogP contribution in [0.3, 0.4) is 0 Å². The lowest BCUT2D eigenvalue weighted by atomic mass is 9.66. The van der Waals surface area contributed by atoms with E-state index in [1.165, 1.54) is 17.7 Å². The quantitative estimate of drug-likeness (QED) is 0.534. The van der Waals surface area contributed by atoms with Crippen LogP contribution in [0.25, 0.3) is 10.9 Å². The summed E-state index contributed by atoms with van der Waals surface area (Å²) in [5, 5.41) is 9.41. The second-order valence-corrected chi connectivity index (χ2v) is 8.68. The lowest BCUT2D eigenvalue weighted by Crippen LogP contribution is -2.46. The molecule has 3 nitrogen and oxygen atoms in total. The highest BCUT2D eigenvalue weighted by atomic mass is 79.9. The molecule has 1 aliphatic rings. The van der Waals surface area contributed by atoms with Crippen LogP contribution in [-0.4, -0.2) is 21.4 Å². The summed E-state index contributed by atoms with van der Waals surface area (Å²) in [6.07, 6.45) is 0. The molecule has 0 spiro atoms. The molecule has 0 fully saturated rings. The summed E-state index contributed by atoms with van der Waals surface area (Å²) in [6.45, 7) is 8.71. The topological polar surface area (TPSA) is 38.1 Å². The van der Waals surface area contributed by atoms with Crippen molar-refractivity contribution in [2.75, 3.05) is 0 Å². The number of halogens is 2. The fourth-order valence-corrected chi connectivity index (χ4v) is 3.73. The molecule has 0 amide bonds. The molecule has 0 N–H and O–H groups in total. The highest BCUT2D eigenvalue weighted by molar-refractivity contribution is 9.10. The van der Waals surface area contributed by atoms with Crippen LogP contribution in [-0.2, 0) is 5.41 Å². The smallest absolute Gasteiger partial charge is 0.125 e. The monoisotopic (exact) mass is 411 g/mol. The Kier molecular flexibility index (Phi) is 3.77. The lowest BCUT2D eigenvalue weighted by molar-refractivity contribution is 0.303. The first kappa shape index (κ1) is 17.3. The number of rotatable bonds is 1. The average Bonchev–Trinajstić information content (AvgIpc) is 2.58. The Hall–Kier alpha value is -2.14. The van der Waals surface area contributed by atoms with E-state index in [9.17, 15) is 4.39 Å². The van der Waals surface area contributed by atoms with Crippen LogP contribution in [0, 0.1) is 5.82 Å². The van der Waals surface area contributed by atoms with Gasteiger partial charge in [-0.25, -0.2) is 4.39 Å². The number of aliphatic imine (C=N–C) groups is 1. The van der Waals surface area contributed by atoms with Gasteiger partial charge >= 0.3 is 0 Å².